The van der Waals surface area contributed by atoms with Crippen LogP contribution < -0.4 is 16.1 Å². The number of hydrogen-bond donors (Lipinski definition) is 2. The van der Waals surface area contributed by atoms with Gasteiger partial charge in [0.25, 0.3) is 11.8 Å². The molecule has 26 heavy (non-hydrogen) atoms. The molecule has 0 bridgehead atoms. The smallest absolute Gasteiger partial charge is 0.407 e. The number of imide groups is 1. The third-order valence-corrected chi connectivity index (χ3v) is 3.32. The Morgan fingerprint density at radius 1 is 0.923 bits per heavy atom. The molecule has 3 amide bonds. The van der Waals surface area contributed by atoms with Crippen molar-refractivity contribution in [2.75, 3.05) is 18.1 Å². The van der Waals surface area contributed by atoms with E-state index in [4.69, 9.17) is 10.6 Å². The number of para-hydroxylation sites is 1. The van der Waals surface area contributed by atoms with E-state index in [1.165, 1.54) is 0 Å². The van der Waals surface area contributed by atoms with Crippen LogP contribution in [0.15, 0.2) is 60.7 Å². The predicted octanol–water partition coefficient (Wildman–Crippen LogP) is 1.36. The van der Waals surface area contributed by atoms with E-state index in [0.717, 1.165) is 10.5 Å². The molecule has 2 rings (SSSR count). The largest absolute Gasteiger partial charge is 0.445 e. The lowest BCUT2D eigenvalue weighted by molar-refractivity contribution is -0.129. The first kappa shape index (κ1) is 19.1. The number of anilines is 1. The zero-order valence-corrected chi connectivity index (χ0v) is 14.0. The number of alkyl carbamates (subject to hydrolysis) is 1. The Hall–Kier alpha value is -3.23. The quantitative estimate of drug-likeness (QED) is 0.724. The maximum absolute atomic E-state index is 12.4. The van der Waals surface area contributed by atoms with Crippen LogP contribution in [0, 0.1) is 0 Å². The van der Waals surface area contributed by atoms with Crippen LogP contribution >= 0.6 is 0 Å². The fourth-order valence-electron chi connectivity index (χ4n) is 2.14. The summed E-state index contributed by atoms with van der Waals surface area (Å²) in [4.78, 5) is 41.4. The van der Waals surface area contributed by atoms with Crippen LogP contribution in [-0.4, -0.2) is 31.1 Å². The van der Waals surface area contributed by atoms with Gasteiger partial charge in [-0.05, 0) is 17.7 Å². The van der Waals surface area contributed by atoms with Gasteiger partial charge in [0.2, 0.25) is 0 Å². The lowest BCUT2D eigenvalue weighted by Gasteiger charge is -2.20. The van der Waals surface area contributed by atoms with Gasteiger partial charge in [0, 0.05) is 0 Å². The van der Waals surface area contributed by atoms with Crippen LogP contribution in [0.3, 0.4) is 0 Å². The minimum atomic E-state index is -0.766. The number of hydrogen-bond acceptors (Lipinski definition) is 6. The molecule has 0 aliphatic rings. The summed E-state index contributed by atoms with van der Waals surface area (Å²) in [5.41, 5.74) is 1.16. The zero-order valence-electron chi connectivity index (χ0n) is 14.0. The molecule has 0 aromatic heterocycles. The van der Waals surface area contributed by atoms with E-state index in [1.54, 1.807) is 42.5 Å². The molecule has 2 aromatic carbocycles. The normalized spacial score (nSPS) is 10.0. The van der Waals surface area contributed by atoms with Gasteiger partial charge in [-0.2, -0.15) is 0 Å². The van der Waals surface area contributed by atoms with Crippen molar-refractivity contribution in [2.45, 2.75) is 6.61 Å². The summed E-state index contributed by atoms with van der Waals surface area (Å²) >= 11 is 0. The fourth-order valence-corrected chi connectivity index (χ4v) is 2.14. The molecule has 0 heterocycles. The van der Waals surface area contributed by atoms with Crippen molar-refractivity contribution in [2.24, 2.45) is 5.90 Å². The van der Waals surface area contributed by atoms with Crippen molar-refractivity contribution in [3.8, 4) is 0 Å². The van der Waals surface area contributed by atoms with Crippen molar-refractivity contribution < 1.29 is 24.0 Å². The van der Waals surface area contributed by atoms with Crippen molar-refractivity contribution >= 4 is 23.6 Å². The Labute approximate surface area is 150 Å². The lowest BCUT2D eigenvalue weighted by atomic mass is 10.2. The Bertz CT molecular complexity index is 737. The third-order valence-electron chi connectivity index (χ3n) is 3.32. The standard InChI is InChI=1S/C18H19N3O5/c19-26-13-17(23)21(15-9-5-2-6-10-15)16(22)11-20-18(24)25-12-14-7-3-1-4-8-14/h1-10H,11-13,19H2,(H,20,24). The third kappa shape index (κ3) is 5.69. The first-order valence-corrected chi connectivity index (χ1v) is 7.79. The van der Waals surface area contributed by atoms with Gasteiger partial charge in [0.1, 0.15) is 19.8 Å². The van der Waals surface area contributed by atoms with Gasteiger partial charge in [-0.25, -0.2) is 15.6 Å². The van der Waals surface area contributed by atoms with Gasteiger partial charge in [-0.3, -0.25) is 14.4 Å². The molecule has 0 aliphatic carbocycles. The van der Waals surface area contributed by atoms with Crippen molar-refractivity contribution in [3.05, 3.63) is 66.2 Å². The highest BCUT2D eigenvalue weighted by atomic mass is 16.6. The number of nitrogens with two attached hydrogens (primary N) is 1. The SMILES string of the molecule is NOCC(=O)N(C(=O)CNC(=O)OCc1ccccc1)c1ccccc1. The molecule has 0 unspecified atom stereocenters. The van der Waals surface area contributed by atoms with E-state index in [1.807, 2.05) is 18.2 Å². The highest BCUT2D eigenvalue weighted by Gasteiger charge is 2.23. The number of rotatable bonds is 7. The average Bonchev–Trinajstić information content (AvgIpc) is 2.67. The van der Waals surface area contributed by atoms with Crippen LogP contribution in [0.4, 0.5) is 10.5 Å². The van der Waals surface area contributed by atoms with E-state index in [-0.39, 0.29) is 6.61 Å². The summed E-state index contributed by atoms with van der Waals surface area (Å²) in [6.07, 6.45) is -0.766. The zero-order chi connectivity index (χ0) is 18.8. The molecule has 8 nitrogen and oxygen atoms in total. The average molecular weight is 357 g/mol. The number of nitrogens with zero attached hydrogens (tertiary/aromatic N) is 1. The maximum atomic E-state index is 12.4. The molecule has 0 atom stereocenters. The first-order valence-electron chi connectivity index (χ1n) is 7.79. The topological polar surface area (TPSA) is 111 Å². The maximum Gasteiger partial charge on any atom is 0.407 e. The predicted molar refractivity (Wildman–Crippen MR) is 93.7 cm³/mol. The molecule has 0 saturated carbocycles. The Morgan fingerprint density at radius 3 is 2.15 bits per heavy atom. The van der Waals surface area contributed by atoms with E-state index in [9.17, 15) is 14.4 Å². The second-order valence-corrected chi connectivity index (χ2v) is 5.18. The Morgan fingerprint density at radius 2 is 1.54 bits per heavy atom. The van der Waals surface area contributed by atoms with Crippen LogP contribution in [0.5, 0.6) is 0 Å². The summed E-state index contributed by atoms with van der Waals surface area (Å²) in [5.74, 6) is 3.62. The molecule has 136 valence electrons. The van der Waals surface area contributed by atoms with Crippen LogP contribution in [0.1, 0.15) is 5.56 Å². The number of ether oxygens (including phenoxy) is 1. The van der Waals surface area contributed by atoms with Gasteiger partial charge in [0.15, 0.2) is 0 Å². The highest BCUT2D eigenvalue weighted by Crippen LogP contribution is 2.13. The number of carbonyl (C=O) groups excluding carboxylic acids is 3. The molecule has 0 aliphatic heterocycles. The van der Waals surface area contributed by atoms with Gasteiger partial charge in [-0.1, -0.05) is 48.5 Å². The highest BCUT2D eigenvalue weighted by molar-refractivity contribution is 6.16. The van der Waals surface area contributed by atoms with Gasteiger partial charge in [-0.15, -0.1) is 0 Å². The number of benzene rings is 2. The molecule has 8 heteroatoms. The minimum absolute atomic E-state index is 0.0726. The summed E-state index contributed by atoms with van der Waals surface area (Å²) in [7, 11) is 0. The lowest BCUT2D eigenvalue weighted by Crippen LogP contribution is -2.45. The molecular weight excluding hydrogens is 338 g/mol. The summed E-state index contributed by atoms with van der Waals surface area (Å²) in [6, 6.07) is 17.4. The van der Waals surface area contributed by atoms with Gasteiger partial charge in [0.05, 0.1) is 5.69 Å². The monoisotopic (exact) mass is 357 g/mol. The van der Waals surface area contributed by atoms with Crippen molar-refractivity contribution in [3.63, 3.8) is 0 Å². The van der Waals surface area contributed by atoms with E-state index < -0.39 is 31.1 Å². The summed E-state index contributed by atoms with van der Waals surface area (Å²) < 4.78 is 5.02. The molecular formula is C18H19N3O5. The molecule has 0 spiro atoms. The Balaban J connectivity index is 1.92. The molecule has 0 fully saturated rings. The van der Waals surface area contributed by atoms with Gasteiger partial charge >= 0.3 is 6.09 Å². The second kappa shape index (κ2) is 9.92. The fraction of sp³-hybridized carbons (Fsp3) is 0.167. The van der Waals surface area contributed by atoms with Crippen LogP contribution in [0.2, 0.25) is 0 Å². The van der Waals surface area contributed by atoms with Gasteiger partial charge < -0.3 is 10.1 Å². The number of nitrogens with one attached hydrogen (secondary N) is 1. The minimum Gasteiger partial charge on any atom is -0.445 e. The van der Waals surface area contributed by atoms with Crippen molar-refractivity contribution in [1.82, 2.24) is 5.32 Å². The van der Waals surface area contributed by atoms with E-state index in [0.29, 0.717) is 5.69 Å². The number of amides is 3. The second-order valence-electron chi connectivity index (χ2n) is 5.18. The molecule has 0 saturated heterocycles. The Kier molecular flexibility index (Phi) is 7.29. The van der Waals surface area contributed by atoms with Crippen LogP contribution in [0.25, 0.3) is 0 Å². The molecule has 3 N–H and O–H groups in total. The summed E-state index contributed by atoms with van der Waals surface area (Å²) in [6.45, 7) is -0.818. The van der Waals surface area contributed by atoms with E-state index >= 15 is 0 Å². The molecule has 0 radical (unpaired) electrons. The molecule has 2 aromatic rings. The van der Waals surface area contributed by atoms with Crippen LogP contribution in [-0.2, 0) is 25.8 Å². The summed E-state index contributed by atoms with van der Waals surface area (Å²) in [5, 5.41) is 2.32. The van der Waals surface area contributed by atoms with Crippen molar-refractivity contribution in [1.29, 1.82) is 0 Å². The first-order chi connectivity index (χ1) is 12.6. The number of carbonyl (C=O) groups is 3. The van der Waals surface area contributed by atoms with E-state index in [2.05, 4.69) is 10.2 Å².